The molecular weight excluding hydrogens is 176 g/mol. The molecule has 76 valence electrons. The lowest BCUT2D eigenvalue weighted by Crippen LogP contribution is -2.25. The Labute approximate surface area is 84.0 Å². The van der Waals surface area contributed by atoms with Crippen LogP contribution in [0.4, 0.5) is 5.69 Å². The summed E-state index contributed by atoms with van der Waals surface area (Å²) in [5.41, 5.74) is 14.3. The highest BCUT2D eigenvalue weighted by molar-refractivity contribution is 5.55. The summed E-state index contributed by atoms with van der Waals surface area (Å²) in [5.74, 6) is 0.937. The van der Waals surface area contributed by atoms with E-state index in [1.165, 1.54) is 5.56 Å². The number of anilines is 1. The molecule has 1 aliphatic heterocycles. The number of nitrogen functional groups attached to an aromatic ring is 1. The molecule has 1 aromatic carbocycles. The Kier molecular flexibility index (Phi) is 1.93. The summed E-state index contributed by atoms with van der Waals surface area (Å²) in [5, 5.41) is 0. The van der Waals surface area contributed by atoms with Crippen LogP contribution >= 0.6 is 0 Å². The number of benzene rings is 1. The van der Waals surface area contributed by atoms with Crippen LogP contribution in [0.1, 0.15) is 25.0 Å². The van der Waals surface area contributed by atoms with Crippen molar-refractivity contribution < 1.29 is 4.74 Å². The average molecular weight is 192 g/mol. The van der Waals surface area contributed by atoms with E-state index in [4.69, 9.17) is 16.2 Å². The van der Waals surface area contributed by atoms with Crippen LogP contribution < -0.4 is 16.2 Å². The Hall–Kier alpha value is -1.22. The molecule has 0 aromatic heterocycles. The molecule has 1 aliphatic rings. The smallest absolute Gasteiger partial charge is 0.128 e. The van der Waals surface area contributed by atoms with Crippen molar-refractivity contribution in [2.75, 3.05) is 5.73 Å². The molecule has 0 unspecified atom stereocenters. The second kappa shape index (κ2) is 2.89. The van der Waals surface area contributed by atoms with Crippen LogP contribution in [0, 0.1) is 0 Å². The SMILES string of the molecule is CC1(C)Cc2cc(N)cc(CN)c2O1. The van der Waals surface area contributed by atoms with Crippen LogP contribution in [0.15, 0.2) is 12.1 Å². The maximum atomic E-state index is 5.84. The maximum Gasteiger partial charge on any atom is 0.128 e. The van der Waals surface area contributed by atoms with Gasteiger partial charge in [0.25, 0.3) is 0 Å². The minimum absolute atomic E-state index is 0.125. The molecule has 1 aromatic rings. The van der Waals surface area contributed by atoms with Crippen molar-refractivity contribution >= 4 is 5.69 Å². The molecule has 1 heterocycles. The monoisotopic (exact) mass is 192 g/mol. The molecule has 14 heavy (non-hydrogen) atoms. The topological polar surface area (TPSA) is 61.3 Å². The van der Waals surface area contributed by atoms with Crippen LogP contribution in [0.3, 0.4) is 0 Å². The van der Waals surface area contributed by atoms with E-state index >= 15 is 0 Å². The molecule has 0 saturated carbocycles. The quantitative estimate of drug-likeness (QED) is 0.662. The van der Waals surface area contributed by atoms with E-state index in [1.807, 2.05) is 12.1 Å². The Morgan fingerprint density at radius 1 is 1.43 bits per heavy atom. The highest BCUT2D eigenvalue weighted by Gasteiger charge is 2.31. The Morgan fingerprint density at radius 3 is 2.79 bits per heavy atom. The van der Waals surface area contributed by atoms with Gasteiger partial charge in [-0.3, -0.25) is 0 Å². The minimum atomic E-state index is -0.125. The first-order valence-corrected chi connectivity index (χ1v) is 4.82. The van der Waals surface area contributed by atoms with Crippen molar-refractivity contribution in [3.05, 3.63) is 23.3 Å². The van der Waals surface area contributed by atoms with Gasteiger partial charge in [0.1, 0.15) is 11.4 Å². The zero-order valence-corrected chi connectivity index (χ0v) is 8.63. The zero-order chi connectivity index (χ0) is 10.3. The lowest BCUT2D eigenvalue weighted by molar-refractivity contribution is 0.137. The largest absolute Gasteiger partial charge is 0.487 e. The summed E-state index contributed by atoms with van der Waals surface area (Å²) in [6.45, 7) is 4.62. The summed E-state index contributed by atoms with van der Waals surface area (Å²) in [4.78, 5) is 0. The molecule has 0 bridgehead atoms. The molecular formula is C11H16N2O. The molecule has 0 atom stereocenters. The molecule has 0 aliphatic carbocycles. The summed E-state index contributed by atoms with van der Waals surface area (Å²) in [6.07, 6.45) is 0.903. The Morgan fingerprint density at radius 2 is 2.14 bits per heavy atom. The first-order valence-electron chi connectivity index (χ1n) is 4.82. The van der Waals surface area contributed by atoms with Crippen molar-refractivity contribution in [1.82, 2.24) is 0 Å². The van der Waals surface area contributed by atoms with Crippen LogP contribution in [-0.4, -0.2) is 5.60 Å². The fraction of sp³-hybridized carbons (Fsp3) is 0.455. The van der Waals surface area contributed by atoms with Gasteiger partial charge in [-0.2, -0.15) is 0 Å². The standard InChI is InChI=1S/C11H16N2O/c1-11(2)5-7-3-9(13)4-8(6-12)10(7)14-11/h3-4H,5-6,12-13H2,1-2H3. The molecule has 0 fully saturated rings. The zero-order valence-electron chi connectivity index (χ0n) is 8.63. The number of hydrogen-bond donors (Lipinski definition) is 2. The molecule has 0 radical (unpaired) electrons. The van der Waals surface area contributed by atoms with E-state index in [9.17, 15) is 0 Å². The molecule has 0 amide bonds. The third-order valence-corrected chi connectivity index (χ3v) is 2.48. The van der Waals surface area contributed by atoms with E-state index in [-0.39, 0.29) is 5.60 Å². The lowest BCUT2D eigenvalue weighted by atomic mass is 10.00. The summed E-state index contributed by atoms with van der Waals surface area (Å²) in [6, 6.07) is 3.86. The normalized spacial score (nSPS) is 17.6. The van der Waals surface area contributed by atoms with Gasteiger partial charge < -0.3 is 16.2 Å². The van der Waals surface area contributed by atoms with E-state index in [2.05, 4.69) is 13.8 Å². The fourth-order valence-corrected chi connectivity index (χ4v) is 1.97. The summed E-state index contributed by atoms with van der Waals surface area (Å²) in [7, 11) is 0. The predicted molar refractivity (Wildman–Crippen MR) is 57.2 cm³/mol. The molecule has 0 saturated heterocycles. The van der Waals surface area contributed by atoms with Crippen LogP contribution in [-0.2, 0) is 13.0 Å². The number of fused-ring (bicyclic) bond motifs is 1. The van der Waals surface area contributed by atoms with Gasteiger partial charge in [-0.15, -0.1) is 0 Å². The molecule has 3 nitrogen and oxygen atoms in total. The van der Waals surface area contributed by atoms with Crippen LogP contribution in [0.5, 0.6) is 5.75 Å². The summed E-state index contributed by atoms with van der Waals surface area (Å²) < 4.78 is 5.84. The van der Waals surface area contributed by atoms with E-state index in [0.717, 1.165) is 23.4 Å². The first-order chi connectivity index (χ1) is 6.52. The average Bonchev–Trinajstić information content (AvgIpc) is 2.37. The number of rotatable bonds is 1. The molecule has 2 rings (SSSR count). The van der Waals surface area contributed by atoms with Crippen LogP contribution in [0.2, 0.25) is 0 Å². The fourth-order valence-electron chi connectivity index (χ4n) is 1.97. The van der Waals surface area contributed by atoms with Crippen molar-refractivity contribution in [1.29, 1.82) is 0 Å². The van der Waals surface area contributed by atoms with Gasteiger partial charge in [-0.1, -0.05) is 0 Å². The number of nitrogens with two attached hydrogens (primary N) is 2. The minimum Gasteiger partial charge on any atom is -0.487 e. The first kappa shape index (κ1) is 9.34. The van der Waals surface area contributed by atoms with Gasteiger partial charge in [0, 0.05) is 29.8 Å². The van der Waals surface area contributed by atoms with Gasteiger partial charge >= 0.3 is 0 Å². The van der Waals surface area contributed by atoms with Crippen LogP contribution in [0.25, 0.3) is 0 Å². The van der Waals surface area contributed by atoms with E-state index < -0.39 is 0 Å². The highest BCUT2D eigenvalue weighted by atomic mass is 16.5. The maximum absolute atomic E-state index is 5.84. The third-order valence-electron chi connectivity index (χ3n) is 2.48. The van der Waals surface area contributed by atoms with Crippen molar-refractivity contribution in [3.8, 4) is 5.75 Å². The van der Waals surface area contributed by atoms with Gasteiger partial charge in [0.2, 0.25) is 0 Å². The summed E-state index contributed by atoms with van der Waals surface area (Å²) >= 11 is 0. The third kappa shape index (κ3) is 1.44. The van der Waals surface area contributed by atoms with E-state index in [1.54, 1.807) is 0 Å². The number of hydrogen-bond acceptors (Lipinski definition) is 3. The molecule has 0 spiro atoms. The molecule has 3 heteroatoms. The number of ether oxygens (including phenoxy) is 1. The highest BCUT2D eigenvalue weighted by Crippen LogP contribution is 2.38. The van der Waals surface area contributed by atoms with Gasteiger partial charge in [-0.05, 0) is 26.0 Å². The Balaban J connectivity index is 2.50. The lowest BCUT2D eigenvalue weighted by Gasteiger charge is -2.17. The van der Waals surface area contributed by atoms with Crippen molar-refractivity contribution in [3.63, 3.8) is 0 Å². The van der Waals surface area contributed by atoms with Gasteiger partial charge in [0.15, 0.2) is 0 Å². The second-order valence-corrected chi connectivity index (χ2v) is 4.41. The van der Waals surface area contributed by atoms with Crippen molar-refractivity contribution in [2.45, 2.75) is 32.4 Å². The van der Waals surface area contributed by atoms with E-state index in [0.29, 0.717) is 6.54 Å². The Bertz CT molecular complexity index is 372. The van der Waals surface area contributed by atoms with Gasteiger partial charge in [-0.25, -0.2) is 0 Å². The van der Waals surface area contributed by atoms with Gasteiger partial charge in [0.05, 0.1) is 0 Å². The predicted octanol–water partition coefficient (Wildman–Crippen LogP) is 1.44. The van der Waals surface area contributed by atoms with Crippen molar-refractivity contribution in [2.24, 2.45) is 5.73 Å². The second-order valence-electron chi connectivity index (χ2n) is 4.41. The molecule has 4 N–H and O–H groups in total.